The van der Waals surface area contributed by atoms with E-state index in [4.69, 9.17) is 4.42 Å². The molecule has 0 N–H and O–H groups in total. The van der Waals surface area contributed by atoms with E-state index in [0.717, 1.165) is 56.0 Å². The molecule has 2 nitrogen and oxygen atoms in total. The lowest BCUT2D eigenvalue weighted by molar-refractivity contribution is 0.631. The zero-order valence-electron chi connectivity index (χ0n) is 38.3. The van der Waals surface area contributed by atoms with Crippen LogP contribution in [0.1, 0.15) is 0 Å². The molecule has 0 fully saturated rings. The van der Waals surface area contributed by atoms with Crippen LogP contribution in [0.3, 0.4) is 0 Å². The lowest BCUT2D eigenvalue weighted by Crippen LogP contribution is -2.09. The second kappa shape index (κ2) is 17.4. The van der Waals surface area contributed by atoms with Crippen LogP contribution in [0.4, 0.5) is 17.1 Å². The monoisotopic (exact) mass is 891 g/mol. The summed E-state index contributed by atoms with van der Waals surface area (Å²) in [5, 5.41) is 8.51. The van der Waals surface area contributed by atoms with Gasteiger partial charge in [-0.15, -0.1) is 0 Å². The molecule has 12 aromatic carbocycles. The molecule has 0 amide bonds. The lowest BCUT2D eigenvalue weighted by atomic mass is 9.89. The highest BCUT2D eigenvalue weighted by Crippen LogP contribution is 2.42. The quantitative estimate of drug-likeness (QED) is 0.134. The molecular formula is C68H45NO. The highest BCUT2D eigenvalue weighted by atomic mass is 16.3. The molecule has 0 aliphatic heterocycles. The average molecular weight is 892 g/mol. The van der Waals surface area contributed by atoms with Gasteiger partial charge in [0.25, 0.3) is 0 Å². The van der Waals surface area contributed by atoms with Crippen molar-refractivity contribution >= 4 is 60.3 Å². The first-order valence-corrected chi connectivity index (χ1v) is 24.0. The Balaban J connectivity index is 0.871. The van der Waals surface area contributed by atoms with Crippen molar-refractivity contribution < 1.29 is 4.42 Å². The largest absolute Gasteiger partial charge is 0.456 e. The number of para-hydroxylation sites is 1. The minimum absolute atomic E-state index is 0.873. The lowest BCUT2D eigenvalue weighted by Gasteiger charge is -2.26. The Labute approximate surface area is 407 Å². The second-order valence-electron chi connectivity index (χ2n) is 18.1. The number of hydrogen-bond donors (Lipinski definition) is 0. The fraction of sp³-hybridized carbons (Fsp3) is 0. The van der Waals surface area contributed by atoms with Gasteiger partial charge in [0.1, 0.15) is 11.3 Å². The van der Waals surface area contributed by atoms with E-state index in [-0.39, 0.29) is 0 Å². The van der Waals surface area contributed by atoms with E-state index >= 15 is 0 Å². The molecule has 13 rings (SSSR count). The van der Waals surface area contributed by atoms with Gasteiger partial charge in [-0.2, -0.15) is 0 Å². The van der Waals surface area contributed by atoms with Crippen molar-refractivity contribution in [3.8, 4) is 67.0 Å². The van der Waals surface area contributed by atoms with Gasteiger partial charge in [0.15, 0.2) is 0 Å². The maximum absolute atomic E-state index is 6.25. The molecule has 0 aliphatic rings. The third kappa shape index (κ3) is 7.59. The van der Waals surface area contributed by atoms with Crippen molar-refractivity contribution in [2.75, 3.05) is 4.90 Å². The summed E-state index contributed by atoms with van der Waals surface area (Å²) in [6.07, 6.45) is 0. The molecule has 0 saturated heterocycles. The fourth-order valence-corrected chi connectivity index (χ4v) is 10.3. The van der Waals surface area contributed by atoms with Crippen LogP contribution in [0.15, 0.2) is 277 Å². The number of nitrogens with zero attached hydrogens (tertiary/aromatic N) is 1. The second-order valence-corrected chi connectivity index (χ2v) is 18.1. The SMILES string of the molecule is c1ccc(-c2ccccc2-c2ccccc2-c2ccc(N(c3ccc(-c4ccc5c(ccc6ccccc65)c4)cc3)c3ccc4cc(-c5cccc(-c6cc7ccccc7o6)c5)ccc4c3)cc2)cc1. The standard InChI is InChI=1S/C68H45NO/c1-2-13-47(14-3-1)62-20-7-9-22-65(62)66-23-10-8-21-63(66)49-31-37-59(38-32-49)69(58-35-29-46(30-36-58)51-34-40-64-55(42-51)28-25-48-15-4-6-19-61(48)64)60-39-33-53-41-52(26-27-54(53)44-60)50-17-12-18-56(43-50)68-45-57-16-5-11-24-67(57)70-68/h1-45H. The molecule has 0 saturated carbocycles. The van der Waals surface area contributed by atoms with Gasteiger partial charge >= 0.3 is 0 Å². The normalized spacial score (nSPS) is 11.4. The van der Waals surface area contributed by atoms with E-state index < -0.39 is 0 Å². The van der Waals surface area contributed by atoms with Gasteiger partial charge < -0.3 is 9.32 Å². The minimum Gasteiger partial charge on any atom is -0.456 e. The van der Waals surface area contributed by atoms with Crippen molar-refractivity contribution in [1.82, 2.24) is 0 Å². The van der Waals surface area contributed by atoms with Crippen LogP contribution in [-0.2, 0) is 0 Å². The van der Waals surface area contributed by atoms with Crippen molar-refractivity contribution in [2.45, 2.75) is 0 Å². The van der Waals surface area contributed by atoms with Crippen LogP contribution in [0, 0.1) is 0 Å². The third-order valence-electron chi connectivity index (χ3n) is 13.9. The van der Waals surface area contributed by atoms with Gasteiger partial charge in [0.05, 0.1) is 0 Å². The Hall–Kier alpha value is -9.24. The summed E-state index contributed by atoms with van der Waals surface area (Å²) < 4.78 is 6.25. The van der Waals surface area contributed by atoms with E-state index in [1.807, 2.05) is 18.2 Å². The molecular weight excluding hydrogens is 847 g/mol. The summed E-state index contributed by atoms with van der Waals surface area (Å²) in [7, 11) is 0. The topological polar surface area (TPSA) is 16.4 Å². The molecule has 1 heterocycles. The predicted octanol–water partition coefficient (Wildman–Crippen LogP) is 19.4. The molecule has 0 aliphatic carbocycles. The summed E-state index contributed by atoms with van der Waals surface area (Å²) in [6, 6.07) is 98.7. The molecule has 0 radical (unpaired) electrons. The smallest absolute Gasteiger partial charge is 0.135 e. The van der Waals surface area contributed by atoms with Crippen LogP contribution in [0.5, 0.6) is 0 Å². The van der Waals surface area contributed by atoms with Crippen molar-refractivity contribution in [1.29, 1.82) is 0 Å². The van der Waals surface area contributed by atoms with Crippen LogP contribution < -0.4 is 4.90 Å². The maximum atomic E-state index is 6.25. The highest BCUT2D eigenvalue weighted by molar-refractivity contribution is 6.08. The Morgan fingerprint density at radius 2 is 0.700 bits per heavy atom. The van der Waals surface area contributed by atoms with E-state index in [1.54, 1.807) is 0 Å². The van der Waals surface area contributed by atoms with Gasteiger partial charge in [-0.1, -0.05) is 206 Å². The summed E-state index contributed by atoms with van der Waals surface area (Å²) >= 11 is 0. The van der Waals surface area contributed by atoms with Crippen LogP contribution in [0.25, 0.3) is 110 Å². The van der Waals surface area contributed by atoms with Gasteiger partial charge in [0, 0.05) is 28.0 Å². The average Bonchev–Trinajstić information content (AvgIpc) is 3.88. The first-order valence-electron chi connectivity index (χ1n) is 24.0. The number of rotatable bonds is 9. The maximum Gasteiger partial charge on any atom is 0.135 e. The van der Waals surface area contributed by atoms with Crippen molar-refractivity contribution in [2.24, 2.45) is 0 Å². The number of fused-ring (bicyclic) bond motifs is 5. The molecule has 70 heavy (non-hydrogen) atoms. The molecule has 13 aromatic rings. The van der Waals surface area contributed by atoms with Crippen LogP contribution >= 0.6 is 0 Å². The molecule has 1 aromatic heterocycles. The number of benzene rings is 12. The van der Waals surface area contributed by atoms with Gasteiger partial charge in [-0.05, 0) is 155 Å². The Kier molecular flexibility index (Phi) is 10.2. The zero-order chi connectivity index (χ0) is 46.4. The van der Waals surface area contributed by atoms with Gasteiger partial charge in [-0.25, -0.2) is 0 Å². The van der Waals surface area contributed by atoms with Gasteiger partial charge in [-0.3, -0.25) is 0 Å². The van der Waals surface area contributed by atoms with E-state index in [9.17, 15) is 0 Å². The Morgan fingerprint density at radius 1 is 0.229 bits per heavy atom. The molecule has 0 spiro atoms. The van der Waals surface area contributed by atoms with Crippen molar-refractivity contribution in [3.05, 3.63) is 273 Å². The number of furan rings is 1. The first-order chi connectivity index (χ1) is 34.7. The first kappa shape index (κ1) is 41.0. The number of anilines is 3. The molecule has 0 atom stereocenters. The number of hydrogen-bond acceptors (Lipinski definition) is 2. The van der Waals surface area contributed by atoms with Crippen LogP contribution in [-0.4, -0.2) is 0 Å². The molecule has 0 bridgehead atoms. The van der Waals surface area contributed by atoms with E-state index in [1.165, 1.54) is 71.3 Å². The van der Waals surface area contributed by atoms with Crippen LogP contribution in [0.2, 0.25) is 0 Å². The Morgan fingerprint density at radius 3 is 1.46 bits per heavy atom. The predicted molar refractivity (Wildman–Crippen MR) is 296 cm³/mol. The minimum atomic E-state index is 0.873. The van der Waals surface area contributed by atoms with E-state index in [2.05, 4.69) is 260 Å². The summed E-state index contributed by atoms with van der Waals surface area (Å²) in [6.45, 7) is 0. The van der Waals surface area contributed by atoms with E-state index in [0.29, 0.717) is 0 Å². The fourth-order valence-electron chi connectivity index (χ4n) is 10.3. The highest BCUT2D eigenvalue weighted by Gasteiger charge is 2.17. The summed E-state index contributed by atoms with van der Waals surface area (Å²) in [4.78, 5) is 2.38. The zero-order valence-corrected chi connectivity index (χ0v) is 38.3. The van der Waals surface area contributed by atoms with Gasteiger partial charge in [0.2, 0.25) is 0 Å². The Bertz CT molecular complexity index is 4020. The molecule has 328 valence electrons. The van der Waals surface area contributed by atoms with Crippen molar-refractivity contribution in [3.63, 3.8) is 0 Å². The third-order valence-corrected chi connectivity index (χ3v) is 13.9. The summed E-state index contributed by atoms with van der Waals surface area (Å²) in [5.74, 6) is 0.873. The summed E-state index contributed by atoms with van der Waals surface area (Å²) in [5.41, 5.74) is 17.1. The molecule has 2 heteroatoms. The molecule has 0 unspecified atom stereocenters.